The molecule has 1 saturated carbocycles. The van der Waals surface area contributed by atoms with E-state index in [0.717, 1.165) is 25.7 Å². The maximum absolute atomic E-state index is 9.84. The Kier molecular flexibility index (Phi) is 3.77. The third-order valence-corrected chi connectivity index (χ3v) is 2.51. The van der Waals surface area contributed by atoms with Gasteiger partial charge in [-0.25, -0.2) is 0 Å². The lowest BCUT2D eigenvalue weighted by atomic mass is 10.0. The number of hydrogen-bond donors (Lipinski definition) is 2. The summed E-state index contributed by atoms with van der Waals surface area (Å²) in [5.74, 6) is 6.10. The van der Waals surface area contributed by atoms with E-state index in [1.807, 2.05) is 6.92 Å². The van der Waals surface area contributed by atoms with E-state index in [-0.39, 0.29) is 12.5 Å². The van der Waals surface area contributed by atoms with Gasteiger partial charge in [0.2, 0.25) is 0 Å². The van der Waals surface area contributed by atoms with Gasteiger partial charge in [0, 0.05) is 13.0 Å². The summed E-state index contributed by atoms with van der Waals surface area (Å²) >= 11 is 0. The average molecular weight is 182 g/mol. The van der Waals surface area contributed by atoms with E-state index < -0.39 is 5.60 Å². The van der Waals surface area contributed by atoms with Crippen LogP contribution in [0, 0.1) is 17.8 Å². The van der Waals surface area contributed by atoms with Crippen molar-refractivity contribution in [2.45, 2.75) is 44.6 Å². The van der Waals surface area contributed by atoms with E-state index in [0.29, 0.717) is 6.42 Å². The molecule has 1 aliphatic rings. The highest BCUT2D eigenvalue weighted by atomic mass is 16.3. The predicted molar refractivity (Wildman–Crippen MR) is 52.1 cm³/mol. The Morgan fingerprint density at radius 1 is 1.38 bits per heavy atom. The standard InChI is InChI=1S/C11H18O2/c1-10(9-12)5-4-8-11(13)6-2-3-7-11/h10,12-13H,2-3,5-7,9H2,1H3/t10-/m0/s1. The smallest absolute Gasteiger partial charge is 0.125 e. The van der Waals surface area contributed by atoms with Crippen molar-refractivity contribution in [3.05, 3.63) is 0 Å². The van der Waals surface area contributed by atoms with E-state index in [1.54, 1.807) is 0 Å². The second-order valence-corrected chi connectivity index (χ2v) is 4.03. The lowest BCUT2D eigenvalue weighted by molar-refractivity contribution is 0.109. The van der Waals surface area contributed by atoms with Crippen molar-refractivity contribution < 1.29 is 10.2 Å². The molecule has 1 fully saturated rings. The minimum absolute atomic E-state index is 0.174. The van der Waals surface area contributed by atoms with Crippen LogP contribution in [0.15, 0.2) is 0 Å². The third kappa shape index (κ3) is 3.38. The topological polar surface area (TPSA) is 40.5 Å². The van der Waals surface area contributed by atoms with Gasteiger partial charge < -0.3 is 10.2 Å². The van der Waals surface area contributed by atoms with Crippen LogP contribution in [0.5, 0.6) is 0 Å². The Bertz CT molecular complexity index is 206. The van der Waals surface area contributed by atoms with E-state index in [4.69, 9.17) is 5.11 Å². The lowest BCUT2D eigenvalue weighted by Gasteiger charge is -2.13. The van der Waals surface area contributed by atoms with Crippen molar-refractivity contribution in [1.82, 2.24) is 0 Å². The first-order valence-corrected chi connectivity index (χ1v) is 4.99. The molecular weight excluding hydrogens is 164 g/mol. The van der Waals surface area contributed by atoms with Crippen molar-refractivity contribution in [1.29, 1.82) is 0 Å². The van der Waals surface area contributed by atoms with Gasteiger partial charge in [-0.1, -0.05) is 18.8 Å². The van der Waals surface area contributed by atoms with Gasteiger partial charge in [0.1, 0.15) is 5.60 Å². The second-order valence-electron chi connectivity index (χ2n) is 4.03. The SMILES string of the molecule is C[C@H](CO)CC#CC1(O)CCCC1. The lowest BCUT2D eigenvalue weighted by Crippen LogP contribution is -2.20. The molecule has 0 spiro atoms. The summed E-state index contributed by atoms with van der Waals surface area (Å²) in [6.45, 7) is 2.13. The largest absolute Gasteiger partial charge is 0.396 e. The molecule has 0 bridgehead atoms. The normalized spacial score (nSPS) is 22.1. The van der Waals surface area contributed by atoms with Gasteiger partial charge >= 0.3 is 0 Å². The molecule has 0 aromatic carbocycles. The van der Waals surface area contributed by atoms with Crippen LogP contribution in [0.25, 0.3) is 0 Å². The van der Waals surface area contributed by atoms with Crippen LogP contribution in [0.3, 0.4) is 0 Å². The molecule has 0 aromatic heterocycles. The summed E-state index contributed by atoms with van der Waals surface area (Å²) < 4.78 is 0. The number of rotatable bonds is 2. The maximum atomic E-state index is 9.84. The first-order chi connectivity index (χ1) is 6.16. The second kappa shape index (κ2) is 4.64. The fourth-order valence-electron chi connectivity index (χ4n) is 1.54. The van der Waals surface area contributed by atoms with Crippen molar-refractivity contribution in [3.63, 3.8) is 0 Å². The van der Waals surface area contributed by atoms with Gasteiger partial charge in [-0.05, 0) is 31.6 Å². The van der Waals surface area contributed by atoms with Gasteiger partial charge in [-0.15, -0.1) is 0 Å². The Labute approximate surface area is 80.0 Å². The van der Waals surface area contributed by atoms with Gasteiger partial charge in [0.25, 0.3) is 0 Å². The van der Waals surface area contributed by atoms with Crippen LogP contribution < -0.4 is 0 Å². The minimum atomic E-state index is -0.713. The van der Waals surface area contributed by atoms with Crippen LogP contribution in [0.2, 0.25) is 0 Å². The molecule has 2 heteroatoms. The molecule has 0 radical (unpaired) electrons. The third-order valence-electron chi connectivity index (χ3n) is 2.51. The zero-order chi connectivity index (χ0) is 9.73. The van der Waals surface area contributed by atoms with E-state index in [1.165, 1.54) is 0 Å². The highest BCUT2D eigenvalue weighted by Gasteiger charge is 2.28. The molecule has 74 valence electrons. The highest BCUT2D eigenvalue weighted by molar-refractivity contribution is 5.15. The molecule has 0 saturated heterocycles. The molecule has 1 atom stereocenters. The van der Waals surface area contributed by atoms with E-state index >= 15 is 0 Å². The summed E-state index contributed by atoms with van der Waals surface area (Å²) in [5.41, 5.74) is -0.713. The van der Waals surface area contributed by atoms with Crippen molar-refractivity contribution in [3.8, 4) is 11.8 Å². The van der Waals surface area contributed by atoms with Crippen molar-refractivity contribution in [2.24, 2.45) is 5.92 Å². The van der Waals surface area contributed by atoms with Crippen molar-refractivity contribution in [2.75, 3.05) is 6.61 Å². The summed E-state index contributed by atoms with van der Waals surface area (Å²) in [5, 5.41) is 18.6. The van der Waals surface area contributed by atoms with E-state index in [9.17, 15) is 5.11 Å². The number of aliphatic hydroxyl groups is 2. The molecule has 2 N–H and O–H groups in total. The fourth-order valence-corrected chi connectivity index (χ4v) is 1.54. The summed E-state index contributed by atoms with van der Waals surface area (Å²) in [6.07, 6.45) is 4.47. The fraction of sp³-hybridized carbons (Fsp3) is 0.818. The summed E-state index contributed by atoms with van der Waals surface area (Å²) in [6, 6.07) is 0. The molecule has 13 heavy (non-hydrogen) atoms. The average Bonchev–Trinajstić information content (AvgIpc) is 2.52. The van der Waals surface area contributed by atoms with Crippen LogP contribution in [-0.2, 0) is 0 Å². The number of hydrogen-bond acceptors (Lipinski definition) is 2. The minimum Gasteiger partial charge on any atom is -0.396 e. The molecule has 0 amide bonds. The first kappa shape index (κ1) is 10.6. The first-order valence-electron chi connectivity index (χ1n) is 4.99. The molecule has 0 heterocycles. The van der Waals surface area contributed by atoms with Gasteiger partial charge in [0.05, 0.1) is 0 Å². The zero-order valence-corrected chi connectivity index (χ0v) is 8.21. The molecular formula is C11H18O2. The van der Waals surface area contributed by atoms with Crippen molar-refractivity contribution >= 4 is 0 Å². The Morgan fingerprint density at radius 2 is 2.00 bits per heavy atom. The van der Waals surface area contributed by atoms with E-state index in [2.05, 4.69) is 11.8 Å². The van der Waals surface area contributed by atoms with Crippen LogP contribution in [0.4, 0.5) is 0 Å². The maximum Gasteiger partial charge on any atom is 0.125 e. The summed E-state index contributed by atoms with van der Waals surface area (Å²) in [7, 11) is 0. The molecule has 1 rings (SSSR count). The quantitative estimate of drug-likeness (QED) is 0.632. The highest BCUT2D eigenvalue weighted by Crippen LogP contribution is 2.28. The Balaban J connectivity index is 2.37. The molecule has 0 unspecified atom stereocenters. The summed E-state index contributed by atoms with van der Waals surface area (Å²) in [4.78, 5) is 0. The number of aliphatic hydroxyl groups excluding tert-OH is 1. The van der Waals surface area contributed by atoms with Crippen LogP contribution >= 0.6 is 0 Å². The zero-order valence-electron chi connectivity index (χ0n) is 8.21. The Hall–Kier alpha value is -0.520. The van der Waals surface area contributed by atoms with Gasteiger partial charge in [-0.3, -0.25) is 0 Å². The van der Waals surface area contributed by atoms with Gasteiger partial charge in [-0.2, -0.15) is 0 Å². The van der Waals surface area contributed by atoms with Gasteiger partial charge in [0.15, 0.2) is 0 Å². The molecule has 0 aliphatic heterocycles. The Morgan fingerprint density at radius 3 is 2.54 bits per heavy atom. The monoisotopic (exact) mass is 182 g/mol. The van der Waals surface area contributed by atoms with Crippen LogP contribution in [-0.4, -0.2) is 22.4 Å². The molecule has 2 nitrogen and oxygen atoms in total. The van der Waals surface area contributed by atoms with Crippen LogP contribution in [0.1, 0.15) is 39.0 Å². The molecule has 1 aliphatic carbocycles. The molecule has 0 aromatic rings. The predicted octanol–water partition coefficient (Wildman–Crippen LogP) is 1.31.